The Morgan fingerprint density at radius 2 is 1.85 bits per heavy atom. The number of nitrogens with zero attached hydrogens (tertiary/aromatic N) is 4. The molecular weight excluding hydrogens is 414 g/mol. The third-order valence-electron chi connectivity index (χ3n) is 4.29. The van der Waals surface area contributed by atoms with E-state index in [1.807, 2.05) is 6.07 Å². The highest BCUT2D eigenvalue weighted by atomic mass is 79.9. The highest BCUT2D eigenvalue weighted by molar-refractivity contribution is 9.10. The van der Waals surface area contributed by atoms with Crippen LogP contribution < -0.4 is 10.2 Å². The molecule has 2 aromatic rings. The van der Waals surface area contributed by atoms with Gasteiger partial charge in [0.05, 0.1) is 5.69 Å². The highest BCUT2D eigenvalue weighted by Crippen LogP contribution is 2.32. The molecular formula is C18H14BrN5O3. The Morgan fingerprint density at radius 3 is 2.59 bits per heavy atom. The summed E-state index contributed by atoms with van der Waals surface area (Å²) in [6.07, 6.45) is 0. The Morgan fingerprint density at radius 1 is 1.07 bits per heavy atom. The summed E-state index contributed by atoms with van der Waals surface area (Å²) in [5.74, 6) is -1.24. The number of amides is 3. The maximum atomic E-state index is 12.9. The molecule has 27 heavy (non-hydrogen) atoms. The molecule has 1 saturated heterocycles. The van der Waals surface area contributed by atoms with E-state index in [0.29, 0.717) is 11.4 Å². The third-order valence-corrected chi connectivity index (χ3v) is 4.78. The van der Waals surface area contributed by atoms with Crippen molar-refractivity contribution in [2.75, 3.05) is 16.8 Å². The van der Waals surface area contributed by atoms with Gasteiger partial charge < -0.3 is 5.32 Å². The number of rotatable bonds is 4. The molecule has 4 rings (SSSR count). The van der Waals surface area contributed by atoms with Crippen LogP contribution in [0.3, 0.4) is 0 Å². The normalized spacial score (nSPS) is 20.9. The van der Waals surface area contributed by atoms with Crippen molar-refractivity contribution in [3.05, 3.63) is 59.1 Å². The first-order valence-corrected chi connectivity index (χ1v) is 8.99. The fourth-order valence-electron chi connectivity index (χ4n) is 3.09. The van der Waals surface area contributed by atoms with Gasteiger partial charge in [0.25, 0.3) is 11.8 Å². The van der Waals surface area contributed by atoms with Crippen LogP contribution in [0.4, 0.5) is 11.4 Å². The fraction of sp³-hybridized carbons (Fsp3) is 0.167. The Bertz CT molecular complexity index is 949. The van der Waals surface area contributed by atoms with Gasteiger partial charge in [-0.25, -0.2) is 4.90 Å². The van der Waals surface area contributed by atoms with Crippen LogP contribution >= 0.6 is 15.9 Å². The van der Waals surface area contributed by atoms with Gasteiger partial charge in [0.15, 0.2) is 12.1 Å². The number of imide groups is 1. The lowest BCUT2D eigenvalue weighted by atomic mass is 10.1. The van der Waals surface area contributed by atoms with Gasteiger partial charge in [-0.05, 0) is 30.3 Å². The van der Waals surface area contributed by atoms with E-state index in [-0.39, 0.29) is 12.5 Å². The summed E-state index contributed by atoms with van der Waals surface area (Å²) < 4.78 is 0.749. The summed E-state index contributed by atoms with van der Waals surface area (Å²) in [5, 5.41) is 11.8. The largest absolute Gasteiger partial charge is 0.324 e. The molecule has 9 heteroatoms. The average molecular weight is 428 g/mol. The number of carbonyl (C=O) groups is 3. The van der Waals surface area contributed by atoms with Gasteiger partial charge in [-0.3, -0.25) is 19.4 Å². The molecule has 0 aromatic heterocycles. The van der Waals surface area contributed by atoms with Gasteiger partial charge in [0, 0.05) is 10.2 Å². The molecule has 136 valence electrons. The topological polar surface area (TPSA) is 94.4 Å². The van der Waals surface area contributed by atoms with Crippen LogP contribution in [0.15, 0.2) is 69.4 Å². The summed E-state index contributed by atoms with van der Waals surface area (Å²) in [4.78, 5) is 38.9. The Kier molecular flexibility index (Phi) is 4.44. The van der Waals surface area contributed by atoms with Crippen LogP contribution in [0.1, 0.15) is 0 Å². The van der Waals surface area contributed by atoms with E-state index >= 15 is 0 Å². The van der Waals surface area contributed by atoms with E-state index in [0.717, 1.165) is 9.37 Å². The quantitative estimate of drug-likeness (QED) is 0.757. The number of halogens is 1. The predicted octanol–water partition coefficient (Wildman–Crippen LogP) is 2.38. The van der Waals surface area contributed by atoms with Crippen molar-refractivity contribution < 1.29 is 14.4 Å². The molecule has 2 aliphatic rings. The van der Waals surface area contributed by atoms with E-state index in [1.54, 1.807) is 48.5 Å². The van der Waals surface area contributed by atoms with Crippen LogP contribution in [0.25, 0.3) is 0 Å². The van der Waals surface area contributed by atoms with Crippen LogP contribution in [0.2, 0.25) is 0 Å². The first-order chi connectivity index (χ1) is 13.0. The molecule has 3 amide bonds. The van der Waals surface area contributed by atoms with E-state index < -0.39 is 23.9 Å². The SMILES string of the molecule is O=C(CN1N=NC2C(=O)N(c3cccc(Br)c3)C(=O)C21)Nc1ccccc1. The van der Waals surface area contributed by atoms with Crippen LogP contribution in [-0.4, -0.2) is 41.4 Å². The number of anilines is 2. The van der Waals surface area contributed by atoms with Crippen molar-refractivity contribution in [1.82, 2.24) is 5.01 Å². The van der Waals surface area contributed by atoms with Gasteiger partial charge in [0.2, 0.25) is 5.91 Å². The Balaban J connectivity index is 1.50. The summed E-state index contributed by atoms with van der Waals surface area (Å²) in [7, 11) is 0. The lowest BCUT2D eigenvalue weighted by Crippen LogP contribution is -2.43. The molecule has 2 aromatic carbocycles. The van der Waals surface area contributed by atoms with Crippen LogP contribution in [-0.2, 0) is 14.4 Å². The fourth-order valence-corrected chi connectivity index (χ4v) is 3.48. The van der Waals surface area contributed by atoms with Gasteiger partial charge in [-0.1, -0.05) is 45.4 Å². The molecule has 2 heterocycles. The second-order valence-electron chi connectivity index (χ2n) is 6.10. The summed E-state index contributed by atoms with van der Waals surface area (Å²) in [6.45, 7) is -0.176. The number of carbonyl (C=O) groups excluding carboxylic acids is 3. The minimum atomic E-state index is -0.930. The maximum Gasteiger partial charge on any atom is 0.263 e. The monoisotopic (exact) mass is 427 g/mol. The summed E-state index contributed by atoms with van der Waals surface area (Å²) >= 11 is 3.33. The molecule has 1 fully saturated rings. The van der Waals surface area contributed by atoms with Gasteiger partial charge in [0.1, 0.15) is 6.54 Å². The second kappa shape index (κ2) is 6.92. The molecule has 8 nitrogen and oxygen atoms in total. The van der Waals surface area contributed by atoms with E-state index in [2.05, 4.69) is 31.6 Å². The van der Waals surface area contributed by atoms with Gasteiger partial charge >= 0.3 is 0 Å². The first kappa shape index (κ1) is 17.3. The molecule has 2 unspecified atom stereocenters. The number of fused-ring (bicyclic) bond motifs is 1. The second-order valence-corrected chi connectivity index (χ2v) is 7.01. The predicted molar refractivity (Wildman–Crippen MR) is 101 cm³/mol. The number of hydrogen-bond donors (Lipinski definition) is 1. The van der Waals surface area contributed by atoms with Crippen molar-refractivity contribution in [1.29, 1.82) is 0 Å². The molecule has 0 spiro atoms. The van der Waals surface area contributed by atoms with Crippen LogP contribution in [0.5, 0.6) is 0 Å². The number of benzene rings is 2. The van der Waals surface area contributed by atoms with Gasteiger partial charge in [-0.2, -0.15) is 5.11 Å². The first-order valence-electron chi connectivity index (χ1n) is 8.20. The Labute approximate surface area is 163 Å². The van der Waals surface area contributed by atoms with Crippen molar-refractivity contribution in [3.8, 4) is 0 Å². The maximum absolute atomic E-state index is 12.9. The Hall–Kier alpha value is -3.07. The molecule has 0 radical (unpaired) electrons. The van der Waals surface area contributed by atoms with E-state index in [1.165, 1.54) is 5.01 Å². The number of hydrogen-bond acceptors (Lipinski definition) is 6. The molecule has 0 bridgehead atoms. The molecule has 2 aliphatic heterocycles. The highest BCUT2D eigenvalue weighted by Gasteiger charge is 2.55. The summed E-state index contributed by atoms with van der Waals surface area (Å²) in [5.41, 5.74) is 1.09. The molecule has 1 N–H and O–H groups in total. The summed E-state index contributed by atoms with van der Waals surface area (Å²) in [6, 6.07) is 14.0. The van der Waals surface area contributed by atoms with E-state index in [9.17, 15) is 14.4 Å². The average Bonchev–Trinajstić information content (AvgIpc) is 3.16. The zero-order valence-electron chi connectivity index (χ0n) is 13.9. The lowest BCUT2D eigenvalue weighted by Gasteiger charge is -2.20. The zero-order chi connectivity index (χ0) is 19.0. The van der Waals surface area contributed by atoms with Crippen molar-refractivity contribution in [2.45, 2.75) is 12.1 Å². The zero-order valence-corrected chi connectivity index (χ0v) is 15.5. The molecule has 2 atom stereocenters. The van der Waals surface area contributed by atoms with E-state index in [4.69, 9.17) is 0 Å². The standard InChI is InChI=1S/C18H14BrN5O3/c19-11-5-4-8-13(9-11)24-17(26)15-16(18(24)27)23(22-21-15)10-14(25)20-12-6-2-1-3-7-12/h1-9,15-16H,10H2,(H,20,25). The minimum absolute atomic E-state index is 0.176. The number of nitrogens with one attached hydrogen (secondary N) is 1. The smallest absolute Gasteiger partial charge is 0.263 e. The van der Waals surface area contributed by atoms with Crippen LogP contribution in [0, 0.1) is 0 Å². The molecule has 0 aliphatic carbocycles. The van der Waals surface area contributed by atoms with Crippen molar-refractivity contribution in [2.24, 2.45) is 10.3 Å². The number of para-hydroxylation sites is 1. The van der Waals surface area contributed by atoms with Gasteiger partial charge in [-0.15, -0.1) is 0 Å². The lowest BCUT2D eigenvalue weighted by molar-refractivity contribution is -0.123. The van der Waals surface area contributed by atoms with Crippen molar-refractivity contribution in [3.63, 3.8) is 0 Å². The third kappa shape index (κ3) is 3.21. The molecule has 0 saturated carbocycles. The van der Waals surface area contributed by atoms with Crippen molar-refractivity contribution >= 4 is 45.0 Å². The minimum Gasteiger partial charge on any atom is -0.324 e.